The summed E-state index contributed by atoms with van der Waals surface area (Å²) in [4.78, 5) is 12.8. The van der Waals surface area contributed by atoms with Crippen LogP contribution in [0.1, 0.15) is 21.8 Å². The van der Waals surface area contributed by atoms with E-state index in [4.69, 9.17) is 0 Å². The highest BCUT2D eigenvalue weighted by Crippen LogP contribution is 2.32. The molecule has 0 radical (unpaired) electrons. The summed E-state index contributed by atoms with van der Waals surface area (Å²) in [6.07, 6.45) is 0. The lowest BCUT2D eigenvalue weighted by Crippen LogP contribution is -2.05. The van der Waals surface area contributed by atoms with E-state index in [9.17, 15) is 0 Å². The largest absolute Gasteiger partial charge is 0.222 e. The van der Waals surface area contributed by atoms with Crippen LogP contribution in [0.5, 0.6) is 0 Å². The third-order valence-electron chi connectivity index (χ3n) is 4.03. The second kappa shape index (κ2) is 5.45. The molecule has 1 aromatic carbocycles. The zero-order valence-electron chi connectivity index (χ0n) is 13.9. The quantitative estimate of drug-likeness (QED) is 0.560. The number of hydrogen-bond acceptors (Lipinski definition) is 6. The first-order valence-corrected chi connectivity index (χ1v) is 8.46. The van der Waals surface area contributed by atoms with E-state index in [-0.39, 0.29) is 0 Å². The Morgan fingerprint density at radius 1 is 0.958 bits per heavy atom. The molecule has 3 aromatic heterocycles. The second-order valence-corrected chi connectivity index (χ2v) is 7.03. The van der Waals surface area contributed by atoms with Crippen LogP contribution >= 0.6 is 11.3 Å². The number of tetrazole rings is 1. The van der Waals surface area contributed by atoms with E-state index in [2.05, 4.69) is 46.1 Å². The van der Waals surface area contributed by atoms with Crippen molar-refractivity contribution in [1.29, 1.82) is 0 Å². The van der Waals surface area contributed by atoms with E-state index in [0.29, 0.717) is 17.5 Å². The predicted octanol–water partition coefficient (Wildman–Crippen LogP) is 3.57. The van der Waals surface area contributed by atoms with Crippen molar-refractivity contribution in [2.45, 2.75) is 27.7 Å². The molecule has 4 rings (SSSR count). The van der Waals surface area contributed by atoms with Gasteiger partial charge in [0.2, 0.25) is 5.82 Å². The van der Waals surface area contributed by atoms with Crippen LogP contribution in [0, 0.1) is 27.7 Å². The van der Waals surface area contributed by atoms with E-state index in [0.717, 1.165) is 15.8 Å². The third kappa shape index (κ3) is 2.37. The molecular formula is C17H16N6S. The molecule has 4 aromatic rings. The van der Waals surface area contributed by atoms with E-state index in [1.54, 1.807) is 11.3 Å². The van der Waals surface area contributed by atoms with Crippen molar-refractivity contribution < 1.29 is 0 Å². The van der Waals surface area contributed by atoms with Gasteiger partial charge in [0.25, 0.3) is 0 Å². The summed E-state index contributed by atoms with van der Waals surface area (Å²) in [7, 11) is 0. The Morgan fingerprint density at radius 3 is 2.46 bits per heavy atom. The molecule has 3 heterocycles. The normalized spacial score (nSPS) is 11.3. The molecule has 7 heteroatoms. The maximum absolute atomic E-state index is 4.56. The standard InChI is InChI=1S/C17H16N6S/c1-9-5-7-13(8-6-9)15-20-22-23(21-15)16-14-10(2)11(3)24-17(14)19-12(4)18-16/h5-8H,1-4H3. The number of benzene rings is 1. The summed E-state index contributed by atoms with van der Waals surface area (Å²) in [5.74, 6) is 1.97. The summed E-state index contributed by atoms with van der Waals surface area (Å²) >= 11 is 1.67. The molecule has 0 atom stereocenters. The van der Waals surface area contributed by atoms with Gasteiger partial charge in [-0.15, -0.1) is 26.3 Å². The highest BCUT2D eigenvalue weighted by molar-refractivity contribution is 7.18. The Balaban J connectivity index is 1.88. The molecule has 0 aliphatic heterocycles. The fraction of sp³-hybridized carbons (Fsp3) is 0.235. The Labute approximate surface area is 143 Å². The molecular weight excluding hydrogens is 320 g/mol. The highest BCUT2D eigenvalue weighted by Gasteiger charge is 2.17. The lowest BCUT2D eigenvalue weighted by Gasteiger charge is -2.02. The van der Waals surface area contributed by atoms with Gasteiger partial charge in [0, 0.05) is 10.4 Å². The van der Waals surface area contributed by atoms with E-state index < -0.39 is 0 Å². The topological polar surface area (TPSA) is 69.4 Å². The summed E-state index contributed by atoms with van der Waals surface area (Å²) in [6.45, 7) is 8.10. The van der Waals surface area contributed by atoms with Gasteiger partial charge in [-0.3, -0.25) is 0 Å². The Hall–Kier alpha value is -2.67. The molecule has 0 N–H and O–H groups in total. The molecule has 6 nitrogen and oxygen atoms in total. The summed E-state index contributed by atoms with van der Waals surface area (Å²) < 4.78 is 0. The molecule has 24 heavy (non-hydrogen) atoms. The van der Waals surface area contributed by atoms with Gasteiger partial charge in [-0.2, -0.15) is 0 Å². The smallest absolute Gasteiger partial charge is 0.205 e. The van der Waals surface area contributed by atoms with Gasteiger partial charge in [-0.1, -0.05) is 29.8 Å². The number of rotatable bonds is 2. The van der Waals surface area contributed by atoms with Crippen molar-refractivity contribution in [2.24, 2.45) is 0 Å². The molecule has 120 valence electrons. The van der Waals surface area contributed by atoms with Crippen molar-refractivity contribution >= 4 is 21.6 Å². The molecule has 0 saturated heterocycles. The fourth-order valence-corrected chi connectivity index (χ4v) is 3.67. The number of aryl methyl sites for hydroxylation is 4. The van der Waals surface area contributed by atoms with Gasteiger partial charge in [0.05, 0.1) is 5.39 Å². The first-order valence-electron chi connectivity index (χ1n) is 7.64. The molecule has 0 aliphatic carbocycles. The zero-order chi connectivity index (χ0) is 16.8. The molecule has 0 bridgehead atoms. The Morgan fingerprint density at radius 2 is 1.71 bits per heavy atom. The van der Waals surface area contributed by atoms with Crippen molar-refractivity contribution in [1.82, 2.24) is 30.2 Å². The molecule has 0 saturated carbocycles. The van der Waals surface area contributed by atoms with E-state index in [1.165, 1.54) is 20.8 Å². The lowest BCUT2D eigenvalue weighted by atomic mass is 10.1. The first-order chi connectivity index (χ1) is 11.5. The fourth-order valence-electron chi connectivity index (χ4n) is 2.60. The van der Waals surface area contributed by atoms with Crippen LogP contribution in [0.4, 0.5) is 0 Å². The number of aromatic nitrogens is 6. The Bertz CT molecular complexity index is 1050. The zero-order valence-corrected chi connectivity index (χ0v) is 14.7. The second-order valence-electron chi connectivity index (χ2n) is 5.83. The maximum Gasteiger partial charge on any atom is 0.205 e. The summed E-state index contributed by atoms with van der Waals surface area (Å²) in [5.41, 5.74) is 3.30. The average Bonchev–Trinajstić information content (AvgIpc) is 3.13. The van der Waals surface area contributed by atoms with Crippen molar-refractivity contribution in [3.8, 4) is 17.2 Å². The number of hydrogen-bond donors (Lipinski definition) is 0. The van der Waals surface area contributed by atoms with Gasteiger partial charge in [-0.05, 0) is 38.5 Å². The molecule has 0 amide bonds. The molecule has 0 aliphatic rings. The minimum atomic E-state index is 0.587. The molecule has 0 fully saturated rings. The number of nitrogens with zero attached hydrogens (tertiary/aromatic N) is 6. The average molecular weight is 336 g/mol. The third-order valence-corrected chi connectivity index (χ3v) is 5.14. The van der Waals surface area contributed by atoms with Crippen molar-refractivity contribution in [3.05, 3.63) is 46.1 Å². The van der Waals surface area contributed by atoms with Crippen molar-refractivity contribution in [3.63, 3.8) is 0 Å². The SMILES string of the molecule is Cc1ccc(-c2nnn(-c3nc(C)nc4sc(C)c(C)c34)n2)cc1. The molecule has 0 unspecified atom stereocenters. The van der Waals surface area contributed by atoms with Crippen LogP contribution in [-0.2, 0) is 0 Å². The van der Waals surface area contributed by atoms with Crippen LogP contribution in [0.2, 0.25) is 0 Å². The lowest BCUT2D eigenvalue weighted by molar-refractivity contribution is 0.701. The van der Waals surface area contributed by atoms with Gasteiger partial charge in [0.15, 0.2) is 5.82 Å². The highest BCUT2D eigenvalue weighted by atomic mass is 32.1. The minimum Gasteiger partial charge on any atom is -0.222 e. The van der Waals surface area contributed by atoms with Gasteiger partial charge in [0.1, 0.15) is 10.7 Å². The van der Waals surface area contributed by atoms with Gasteiger partial charge < -0.3 is 0 Å². The first kappa shape index (κ1) is 14.9. The number of thiophene rings is 1. The maximum atomic E-state index is 4.56. The van der Waals surface area contributed by atoms with Crippen molar-refractivity contribution in [2.75, 3.05) is 0 Å². The van der Waals surface area contributed by atoms with E-state index in [1.807, 2.05) is 31.2 Å². The van der Waals surface area contributed by atoms with Crippen LogP contribution in [0.25, 0.3) is 27.4 Å². The minimum absolute atomic E-state index is 0.587. The number of fused-ring (bicyclic) bond motifs is 1. The Kier molecular flexibility index (Phi) is 3.38. The van der Waals surface area contributed by atoms with Crippen LogP contribution < -0.4 is 0 Å². The van der Waals surface area contributed by atoms with Crippen LogP contribution in [-0.4, -0.2) is 30.2 Å². The van der Waals surface area contributed by atoms with E-state index >= 15 is 0 Å². The monoisotopic (exact) mass is 336 g/mol. The summed E-state index contributed by atoms with van der Waals surface area (Å²) in [5, 5.41) is 13.9. The van der Waals surface area contributed by atoms with Gasteiger partial charge >= 0.3 is 0 Å². The molecule has 0 spiro atoms. The van der Waals surface area contributed by atoms with Crippen LogP contribution in [0.15, 0.2) is 24.3 Å². The predicted molar refractivity (Wildman–Crippen MR) is 94.5 cm³/mol. The summed E-state index contributed by atoms with van der Waals surface area (Å²) in [6, 6.07) is 8.07. The van der Waals surface area contributed by atoms with Crippen LogP contribution in [0.3, 0.4) is 0 Å². The van der Waals surface area contributed by atoms with Gasteiger partial charge in [-0.25, -0.2) is 9.97 Å².